The summed E-state index contributed by atoms with van der Waals surface area (Å²) in [4.78, 5) is 23.8. The van der Waals surface area contributed by atoms with Gasteiger partial charge in [-0.2, -0.15) is 5.10 Å². The summed E-state index contributed by atoms with van der Waals surface area (Å²) in [5.41, 5.74) is 7.03. The maximum Gasteiger partial charge on any atom is 0.257 e. The van der Waals surface area contributed by atoms with Gasteiger partial charge in [0.05, 0.1) is 24.1 Å². The number of amides is 2. The lowest BCUT2D eigenvalue weighted by Crippen LogP contribution is -2.30. The van der Waals surface area contributed by atoms with Crippen LogP contribution in [-0.2, 0) is 16.1 Å². The Kier molecular flexibility index (Phi) is 5.70. The highest BCUT2D eigenvalue weighted by Crippen LogP contribution is 2.13. The molecule has 23 heavy (non-hydrogen) atoms. The Labute approximate surface area is 133 Å². The molecule has 1 aromatic carbocycles. The van der Waals surface area contributed by atoms with E-state index in [1.54, 1.807) is 37.6 Å². The van der Waals surface area contributed by atoms with Crippen LogP contribution in [0.1, 0.15) is 10.4 Å². The Morgan fingerprint density at radius 1 is 1.35 bits per heavy atom. The number of nitrogens with two attached hydrogens (primary N) is 1. The minimum absolute atomic E-state index is 0.0626. The molecule has 0 aliphatic heterocycles. The minimum atomic E-state index is -0.327. The van der Waals surface area contributed by atoms with E-state index in [4.69, 9.17) is 10.5 Å². The molecule has 0 unspecified atom stereocenters. The van der Waals surface area contributed by atoms with E-state index in [9.17, 15) is 9.59 Å². The second kappa shape index (κ2) is 7.95. The smallest absolute Gasteiger partial charge is 0.257 e. The molecule has 1 aromatic heterocycles. The maximum atomic E-state index is 12.1. The van der Waals surface area contributed by atoms with Gasteiger partial charge in [0, 0.05) is 25.5 Å². The van der Waals surface area contributed by atoms with Crippen molar-refractivity contribution in [1.82, 2.24) is 15.1 Å². The van der Waals surface area contributed by atoms with Crippen molar-refractivity contribution in [2.24, 2.45) is 0 Å². The molecular formula is C15H19N5O3. The van der Waals surface area contributed by atoms with Gasteiger partial charge in [-0.1, -0.05) is 12.1 Å². The summed E-state index contributed by atoms with van der Waals surface area (Å²) in [7, 11) is 1.56. The molecule has 2 aromatic rings. The number of para-hydroxylation sites is 1. The van der Waals surface area contributed by atoms with Gasteiger partial charge < -0.3 is 21.1 Å². The van der Waals surface area contributed by atoms with Gasteiger partial charge in [-0.25, -0.2) is 0 Å². The lowest BCUT2D eigenvalue weighted by atomic mass is 10.1. The van der Waals surface area contributed by atoms with Crippen LogP contribution in [-0.4, -0.2) is 41.9 Å². The highest BCUT2D eigenvalue weighted by atomic mass is 16.5. The summed E-state index contributed by atoms with van der Waals surface area (Å²) in [5, 5.41) is 9.41. The SMILES string of the molecule is COCCNC(=O)Cn1cc(NC(=O)c2ccccc2N)cn1. The average Bonchev–Trinajstić information content (AvgIpc) is 2.94. The van der Waals surface area contributed by atoms with Crippen LogP contribution in [0, 0.1) is 0 Å². The number of ether oxygens (including phenoxy) is 1. The number of carbonyl (C=O) groups is 2. The highest BCUT2D eigenvalue weighted by molar-refractivity contribution is 6.07. The van der Waals surface area contributed by atoms with Crippen LogP contribution >= 0.6 is 0 Å². The fourth-order valence-corrected chi connectivity index (χ4v) is 1.91. The molecular weight excluding hydrogens is 298 g/mol. The summed E-state index contributed by atoms with van der Waals surface area (Å²) in [6.07, 6.45) is 3.05. The van der Waals surface area contributed by atoms with Crippen LogP contribution in [0.4, 0.5) is 11.4 Å². The molecule has 0 radical (unpaired) electrons. The topological polar surface area (TPSA) is 111 Å². The molecule has 1 heterocycles. The number of nitrogens with one attached hydrogen (secondary N) is 2. The molecule has 0 aliphatic rings. The molecule has 0 bridgehead atoms. The summed E-state index contributed by atoms with van der Waals surface area (Å²) in [6.45, 7) is 0.950. The molecule has 122 valence electrons. The zero-order valence-corrected chi connectivity index (χ0v) is 12.8. The first-order valence-electron chi connectivity index (χ1n) is 7.04. The lowest BCUT2D eigenvalue weighted by molar-refractivity contribution is -0.122. The van der Waals surface area contributed by atoms with E-state index in [1.165, 1.54) is 10.9 Å². The fourth-order valence-electron chi connectivity index (χ4n) is 1.91. The molecule has 2 amide bonds. The number of methoxy groups -OCH3 is 1. The number of hydrogen-bond acceptors (Lipinski definition) is 5. The molecule has 0 saturated carbocycles. The first kappa shape index (κ1) is 16.5. The monoisotopic (exact) mass is 317 g/mol. The van der Waals surface area contributed by atoms with Gasteiger partial charge in [0.25, 0.3) is 5.91 Å². The molecule has 4 N–H and O–H groups in total. The zero-order valence-electron chi connectivity index (χ0n) is 12.8. The van der Waals surface area contributed by atoms with E-state index < -0.39 is 0 Å². The molecule has 8 heteroatoms. The first-order valence-corrected chi connectivity index (χ1v) is 7.04. The summed E-state index contributed by atoms with van der Waals surface area (Å²) in [5.74, 6) is -0.512. The molecule has 0 fully saturated rings. The van der Waals surface area contributed by atoms with Gasteiger partial charge in [-0.3, -0.25) is 14.3 Å². The quantitative estimate of drug-likeness (QED) is 0.508. The zero-order chi connectivity index (χ0) is 16.7. The Morgan fingerprint density at radius 2 is 2.13 bits per heavy atom. The second-order valence-electron chi connectivity index (χ2n) is 4.81. The van der Waals surface area contributed by atoms with Crippen molar-refractivity contribution in [2.45, 2.75) is 6.54 Å². The number of anilines is 2. The van der Waals surface area contributed by atoms with Crippen LogP contribution < -0.4 is 16.4 Å². The number of rotatable bonds is 7. The third-order valence-electron chi connectivity index (χ3n) is 3.03. The highest BCUT2D eigenvalue weighted by Gasteiger charge is 2.11. The number of aromatic nitrogens is 2. The molecule has 0 spiro atoms. The van der Waals surface area contributed by atoms with Crippen LogP contribution in [0.25, 0.3) is 0 Å². The van der Waals surface area contributed by atoms with Gasteiger partial charge in [0.15, 0.2) is 0 Å². The lowest BCUT2D eigenvalue weighted by Gasteiger charge is -2.05. The van der Waals surface area contributed by atoms with Gasteiger partial charge >= 0.3 is 0 Å². The van der Waals surface area contributed by atoms with Gasteiger partial charge in [-0.15, -0.1) is 0 Å². The maximum absolute atomic E-state index is 12.1. The van der Waals surface area contributed by atoms with Crippen molar-refractivity contribution >= 4 is 23.2 Å². The Morgan fingerprint density at radius 3 is 2.87 bits per heavy atom. The van der Waals surface area contributed by atoms with E-state index in [1.807, 2.05) is 0 Å². The number of carbonyl (C=O) groups excluding carboxylic acids is 2. The number of nitrogen functional groups attached to an aromatic ring is 1. The largest absolute Gasteiger partial charge is 0.398 e. The normalized spacial score (nSPS) is 10.3. The number of hydrogen-bond donors (Lipinski definition) is 3. The van der Waals surface area contributed by atoms with E-state index >= 15 is 0 Å². The summed E-state index contributed by atoms with van der Waals surface area (Å²) >= 11 is 0. The van der Waals surface area contributed by atoms with Crippen LogP contribution in [0.5, 0.6) is 0 Å². The Hall–Kier alpha value is -2.87. The second-order valence-corrected chi connectivity index (χ2v) is 4.81. The fraction of sp³-hybridized carbons (Fsp3) is 0.267. The predicted octanol–water partition coefficient (Wildman–Crippen LogP) is 0.480. The number of benzene rings is 1. The predicted molar refractivity (Wildman–Crippen MR) is 85.9 cm³/mol. The molecule has 0 atom stereocenters. The van der Waals surface area contributed by atoms with E-state index in [2.05, 4.69) is 15.7 Å². The Bertz CT molecular complexity index is 683. The van der Waals surface area contributed by atoms with E-state index in [0.29, 0.717) is 30.1 Å². The third-order valence-corrected chi connectivity index (χ3v) is 3.03. The first-order chi connectivity index (χ1) is 11.1. The standard InChI is InChI=1S/C15H19N5O3/c1-23-7-6-17-14(21)10-20-9-11(8-18-20)19-15(22)12-4-2-3-5-13(12)16/h2-5,8-9H,6-7,10,16H2,1H3,(H,17,21)(H,19,22). The summed E-state index contributed by atoms with van der Waals surface area (Å²) < 4.78 is 6.28. The minimum Gasteiger partial charge on any atom is -0.398 e. The van der Waals surface area contributed by atoms with Crippen LogP contribution in [0.2, 0.25) is 0 Å². The van der Waals surface area contributed by atoms with Gasteiger partial charge in [0.1, 0.15) is 6.54 Å². The van der Waals surface area contributed by atoms with Crippen LogP contribution in [0.3, 0.4) is 0 Å². The number of nitrogens with zero attached hydrogens (tertiary/aromatic N) is 2. The van der Waals surface area contributed by atoms with Crippen LogP contribution in [0.15, 0.2) is 36.7 Å². The molecule has 0 aliphatic carbocycles. The van der Waals surface area contributed by atoms with Crippen molar-refractivity contribution in [2.75, 3.05) is 31.3 Å². The van der Waals surface area contributed by atoms with E-state index in [-0.39, 0.29) is 18.4 Å². The molecule has 8 nitrogen and oxygen atoms in total. The molecule has 0 saturated heterocycles. The van der Waals surface area contributed by atoms with E-state index in [0.717, 1.165) is 0 Å². The van der Waals surface area contributed by atoms with Gasteiger partial charge in [-0.05, 0) is 12.1 Å². The van der Waals surface area contributed by atoms with Crippen molar-refractivity contribution in [3.8, 4) is 0 Å². The van der Waals surface area contributed by atoms with Crippen molar-refractivity contribution in [1.29, 1.82) is 0 Å². The van der Waals surface area contributed by atoms with Crippen molar-refractivity contribution in [3.05, 3.63) is 42.2 Å². The third kappa shape index (κ3) is 4.82. The van der Waals surface area contributed by atoms with Crippen molar-refractivity contribution in [3.63, 3.8) is 0 Å². The van der Waals surface area contributed by atoms with Gasteiger partial charge in [0.2, 0.25) is 5.91 Å². The molecule has 2 rings (SSSR count). The van der Waals surface area contributed by atoms with Crippen molar-refractivity contribution < 1.29 is 14.3 Å². The Balaban J connectivity index is 1.91. The summed E-state index contributed by atoms with van der Waals surface area (Å²) in [6, 6.07) is 6.78. The average molecular weight is 317 g/mol.